The number of carboxylic acids is 1. The number of carboxylic acid groups (broad SMARTS) is 1. The van der Waals surface area contributed by atoms with Gasteiger partial charge in [-0.25, -0.2) is 4.79 Å². The lowest BCUT2D eigenvalue weighted by Gasteiger charge is -2.13. The van der Waals surface area contributed by atoms with E-state index >= 15 is 0 Å². The van der Waals surface area contributed by atoms with Crippen LogP contribution in [-0.2, 0) is 5.33 Å². The van der Waals surface area contributed by atoms with Gasteiger partial charge in [-0.1, -0.05) is 52.3 Å². The fourth-order valence-corrected chi connectivity index (χ4v) is 2.57. The quantitative estimate of drug-likeness (QED) is 0.861. The van der Waals surface area contributed by atoms with Gasteiger partial charge in [-0.2, -0.15) is 0 Å². The summed E-state index contributed by atoms with van der Waals surface area (Å²) in [6, 6.07) is 13.2. The molecule has 18 heavy (non-hydrogen) atoms. The molecule has 92 valence electrons. The molecule has 0 heterocycles. The van der Waals surface area contributed by atoms with Crippen LogP contribution in [0.3, 0.4) is 0 Å². The maximum absolute atomic E-state index is 11.3. The lowest BCUT2D eigenvalue weighted by Crippen LogP contribution is -2.02. The lowest BCUT2D eigenvalue weighted by molar-refractivity contribution is 0.0697. The smallest absolute Gasteiger partial charge is 0.336 e. The molecule has 3 heteroatoms. The predicted octanol–water partition coefficient (Wildman–Crippen LogP) is 4.26. The van der Waals surface area contributed by atoms with Gasteiger partial charge in [0.05, 0.1) is 5.56 Å². The SMILES string of the molecule is Cc1cccc(C(=O)O)c1-c1ccccc1CBr. The second kappa shape index (κ2) is 5.36. The molecule has 1 N–H and O–H groups in total. The molecule has 2 aromatic rings. The fourth-order valence-electron chi connectivity index (χ4n) is 2.08. The molecule has 0 saturated carbocycles. The molecule has 2 rings (SSSR count). The summed E-state index contributed by atoms with van der Waals surface area (Å²) in [6.07, 6.45) is 0. The number of rotatable bonds is 3. The van der Waals surface area contributed by atoms with Crippen molar-refractivity contribution in [3.05, 3.63) is 59.2 Å². The Labute approximate surface area is 114 Å². The van der Waals surface area contributed by atoms with E-state index in [9.17, 15) is 9.90 Å². The maximum Gasteiger partial charge on any atom is 0.336 e. The predicted molar refractivity (Wildman–Crippen MR) is 76.2 cm³/mol. The highest BCUT2D eigenvalue weighted by Gasteiger charge is 2.15. The monoisotopic (exact) mass is 304 g/mol. The van der Waals surface area contributed by atoms with Gasteiger partial charge in [0.1, 0.15) is 0 Å². The first-order valence-electron chi connectivity index (χ1n) is 5.62. The molecule has 0 aliphatic heterocycles. The van der Waals surface area contributed by atoms with Gasteiger partial charge in [-0.05, 0) is 35.2 Å². The van der Waals surface area contributed by atoms with E-state index in [1.54, 1.807) is 12.1 Å². The van der Waals surface area contributed by atoms with Crippen LogP contribution in [0.2, 0.25) is 0 Å². The summed E-state index contributed by atoms with van der Waals surface area (Å²) in [5, 5.41) is 10.0. The molecule has 0 aromatic heterocycles. The molecule has 0 unspecified atom stereocenters. The Morgan fingerprint density at radius 2 is 1.89 bits per heavy atom. The van der Waals surface area contributed by atoms with Crippen molar-refractivity contribution >= 4 is 21.9 Å². The molecule has 0 radical (unpaired) electrons. The topological polar surface area (TPSA) is 37.3 Å². The van der Waals surface area contributed by atoms with Gasteiger partial charge >= 0.3 is 5.97 Å². The molecule has 0 saturated heterocycles. The number of alkyl halides is 1. The molecule has 0 fully saturated rings. The summed E-state index contributed by atoms with van der Waals surface area (Å²) in [5.41, 5.74) is 4.20. The van der Waals surface area contributed by atoms with Gasteiger partial charge in [0.25, 0.3) is 0 Å². The van der Waals surface area contributed by atoms with Crippen LogP contribution < -0.4 is 0 Å². The van der Waals surface area contributed by atoms with Crippen LogP contribution in [-0.4, -0.2) is 11.1 Å². The van der Waals surface area contributed by atoms with Crippen molar-refractivity contribution in [2.45, 2.75) is 12.3 Å². The molecule has 2 nitrogen and oxygen atoms in total. The van der Waals surface area contributed by atoms with Crippen molar-refractivity contribution in [2.24, 2.45) is 0 Å². The van der Waals surface area contributed by atoms with E-state index in [2.05, 4.69) is 15.9 Å². The molecule has 0 aliphatic rings. The summed E-state index contributed by atoms with van der Waals surface area (Å²) in [4.78, 5) is 11.3. The highest BCUT2D eigenvalue weighted by Crippen LogP contribution is 2.31. The zero-order chi connectivity index (χ0) is 13.1. The van der Waals surface area contributed by atoms with Gasteiger partial charge in [-0.15, -0.1) is 0 Å². The lowest BCUT2D eigenvalue weighted by atomic mass is 9.92. The molecular formula is C15H13BrO2. The van der Waals surface area contributed by atoms with Crippen LogP contribution in [0.25, 0.3) is 11.1 Å². The third-order valence-corrected chi connectivity index (χ3v) is 3.54. The third-order valence-electron chi connectivity index (χ3n) is 2.93. The second-order valence-corrected chi connectivity index (χ2v) is 4.65. The van der Waals surface area contributed by atoms with E-state index in [1.807, 2.05) is 37.3 Å². The van der Waals surface area contributed by atoms with Gasteiger partial charge in [0.2, 0.25) is 0 Å². The van der Waals surface area contributed by atoms with Crippen molar-refractivity contribution in [1.82, 2.24) is 0 Å². The van der Waals surface area contributed by atoms with Crippen molar-refractivity contribution in [1.29, 1.82) is 0 Å². The highest BCUT2D eigenvalue weighted by atomic mass is 79.9. The average molecular weight is 305 g/mol. The minimum Gasteiger partial charge on any atom is -0.478 e. The minimum atomic E-state index is -0.891. The molecule has 0 atom stereocenters. The van der Waals surface area contributed by atoms with Crippen molar-refractivity contribution < 1.29 is 9.90 Å². The van der Waals surface area contributed by atoms with Gasteiger partial charge in [0.15, 0.2) is 0 Å². The van der Waals surface area contributed by atoms with E-state index in [-0.39, 0.29) is 0 Å². The zero-order valence-electron chi connectivity index (χ0n) is 9.98. The standard InChI is InChI=1S/C15H13BrO2/c1-10-5-4-8-13(15(17)18)14(10)12-7-3-2-6-11(12)9-16/h2-8H,9H2,1H3,(H,17,18). The Hall–Kier alpha value is -1.61. The Kier molecular flexibility index (Phi) is 3.82. The van der Waals surface area contributed by atoms with Gasteiger partial charge in [0, 0.05) is 5.33 Å². The number of hydrogen-bond donors (Lipinski definition) is 1. The second-order valence-electron chi connectivity index (χ2n) is 4.09. The summed E-state index contributed by atoms with van der Waals surface area (Å²) in [5.74, 6) is -0.891. The first kappa shape index (κ1) is 12.8. The van der Waals surface area contributed by atoms with Crippen LogP contribution in [0.5, 0.6) is 0 Å². The Balaban J connectivity index is 2.74. The molecule has 2 aromatic carbocycles. The first-order chi connectivity index (χ1) is 8.65. The minimum absolute atomic E-state index is 0.350. The molecular weight excluding hydrogens is 292 g/mol. The number of benzene rings is 2. The fraction of sp³-hybridized carbons (Fsp3) is 0.133. The average Bonchev–Trinajstić information content (AvgIpc) is 2.38. The van der Waals surface area contributed by atoms with Crippen molar-refractivity contribution in [2.75, 3.05) is 0 Å². The summed E-state index contributed by atoms with van der Waals surface area (Å²) in [7, 11) is 0. The van der Waals surface area contributed by atoms with E-state index in [0.29, 0.717) is 10.9 Å². The Bertz CT molecular complexity index is 591. The number of aryl methyl sites for hydroxylation is 1. The number of carbonyl (C=O) groups is 1. The third kappa shape index (κ3) is 2.31. The maximum atomic E-state index is 11.3. The van der Waals surface area contributed by atoms with Gasteiger partial charge in [-0.3, -0.25) is 0 Å². The number of hydrogen-bond acceptors (Lipinski definition) is 1. The summed E-state index contributed by atoms with van der Waals surface area (Å²) in [6.45, 7) is 1.94. The first-order valence-corrected chi connectivity index (χ1v) is 6.74. The van der Waals surface area contributed by atoms with Crippen molar-refractivity contribution in [3.63, 3.8) is 0 Å². The van der Waals surface area contributed by atoms with E-state index < -0.39 is 5.97 Å². The van der Waals surface area contributed by atoms with Crippen LogP contribution in [0.1, 0.15) is 21.5 Å². The highest BCUT2D eigenvalue weighted by molar-refractivity contribution is 9.08. The molecule has 0 amide bonds. The van der Waals surface area contributed by atoms with Crippen LogP contribution >= 0.6 is 15.9 Å². The van der Waals surface area contributed by atoms with E-state index in [4.69, 9.17) is 0 Å². The van der Waals surface area contributed by atoms with Crippen LogP contribution in [0, 0.1) is 6.92 Å². The van der Waals surface area contributed by atoms with Crippen LogP contribution in [0.4, 0.5) is 0 Å². The molecule has 0 bridgehead atoms. The summed E-state index contributed by atoms with van der Waals surface area (Å²) >= 11 is 3.44. The number of halogens is 1. The largest absolute Gasteiger partial charge is 0.478 e. The molecule has 0 aliphatic carbocycles. The van der Waals surface area contributed by atoms with Crippen molar-refractivity contribution in [3.8, 4) is 11.1 Å². The Morgan fingerprint density at radius 1 is 1.17 bits per heavy atom. The normalized spacial score (nSPS) is 10.3. The zero-order valence-corrected chi connectivity index (χ0v) is 11.6. The molecule has 0 spiro atoms. The van der Waals surface area contributed by atoms with E-state index in [1.165, 1.54) is 0 Å². The number of aromatic carboxylic acids is 1. The van der Waals surface area contributed by atoms with Gasteiger partial charge < -0.3 is 5.11 Å². The summed E-state index contributed by atoms with van der Waals surface area (Å²) < 4.78 is 0. The Morgan fingerprint density at radius 3 is 2.56 bits per heavy atom. The van der Waals surface area contributed by atoms with Crippen LogP contribution in [0.15, 0.2) is 42.5 Å². The van der Waals surface area contributed by atoms with E-state index in [0.717, 1.165) is 22.3 Å².